The number of nitrogens with zero attached hydrogens (tertiary/aromatic N) is 1. The molecule has 0 bridgehead atoms. The van der Waals surface area contributed by atoms with E-state index in [9.17, 15) is 4.39 Å². The molecule has 1 rings (SSSR count). The summed E-state index contributed by atoms with van der Waals surface area (Å²) in [6, 6.07) is 0. The predicted molar refractivity (Wildman–Crippen MR) is 36.7 cm³/mol. The van der Waals surface area contributed by atoms with Gasteiger partial charge in [0.25, 0.3) is 0 Å². The highest BCUT2D eigenvalue weighted by atomic mass is 35.5. The number of halogens is 3. The Morgan fingerprint density at radius 2 is 2.44 bits per heavy atom. The first-order chi connectivity index (χ1) is 4.10. The Morgan fingerprint density at radius 1 is 1.78 bits per heavy atom. The van der Waals surface area contributed by atoms with Crippen LogP contribution in [0.1, 0.15) is 6.42 Å². The van der Waals surface area contributed by atoms with E-state index in [1.54, 1.807) is 0 Å². The smallest absolute Gasteiger partial charge is 0.222 e. The Hall–Kier alpha value is -0.0800. The van der Waals surface area contributed by atoms with Crippen LogP contribution in [0, 0.1) is 0 Å². The monoisotopic (exact) mass is 167 g/mol. The number of hydrogen-bond acceptors (Lipinski definition) is 1. The molecule has 1 heterocycles. The molecule has 4 heteroatoms. The minimum atomic E-state index is -1.82. The van der Waals surface area contributed by atoms with Crippen LogP contribution in [-0.2, 0) is 0 Å². The second kappa shape index (κ2) is 2.27. The van der Waals surface area contributed by atoms with Crippen molar-refractivity contribution in [1.82, 2.24) is 0 Å². The summed E-state index contributed by atoms with van der Waals surface area (Å²) in [5.74, 6) is 0. The highest BCUT2D eigenvalue weighted by Crippen LogP contribution is 2.25. The van der Waals surface area contributed by atoms with Gasteiger partial charge in [0.15, 0.2) is 0 Å². The van der Waals surface area contributed by atoms with E-state index in [-0.39, 0.29) is 6.42 Å². The van der Waals surface area contributed by atoms with Crippen molar-refractivity contribution in [2.24, 2.45) is 4.99 Å². The molecular formula is C5H4Cl2FN. The molecule has 1 unspecified atom stereocenters. The topological polar surface area (TPSA) is 12.4 Å². The van der Waals surface area contributed by atoms with Crippen molar-refractivity contribution in [2.75, 3.05) is 0 Å². The van der Waals surface area contributed by atoms with Gasteiger partial charge in [0.05, 0.1) is 6.21 Å². The first-order valence-electron chi connectivity index (χ1n) is 2.39. The van der Waals surface area contributed by atoms with Crippen molar-refractivity contribution in [3.8, 4) is 0 Å². The van der Waals surface area contributed by atoms with Crippen molar-refractivity contribution < 1.29 is 4.39 Å². The van der Waals surface area contributed by atoms with Crippen molar-refractivity contribution in [1.29, 1.82) is 0 Å². The van der Waals surface area contributed by atoms with Crippen molar-refractivity contribution in [2.45, 2.75) is 11.5 Å². The summed E-state index contributed by atoms with van der Waals surface area (Å²) in [7, 11) is 0. The average Bonchev–Trinajstić information content (AvgIpc) is 1.78. The maximum Gasteiger partial charge on any atom is 0.222 e. The van der Waals surface area contributed by atoms with Crippen LogP contribution >= 0.6 is 23.2 Å². The quantitative estimate of drug-likeness (QED) is 0.389. The third-order valence-electron chi connectivity index (χ3n) is 0.919. The Bertz CT molecular complexity index is 174. The minimum absolute atomic E-state index is 0.0941. The van der Waals surface area contributed by atoms with Gasteiger partial charge >= 0.3 is 0 Å². The van der Waals surface area contributed by atoms with Gasteiger partial charge in [0.2, 0.25) is 5.13 Å². The van der Waals surface area contributed by atoms with Crippen LogP contribution in [0.5, 0.6) is 0 Å². The minimum Gasteiger partial charge on any atom is -0.245 e. The lowest BCUT2D eigenvalue weighted by Crippen LogP contribution is -2.16. The van der Waals surface area contributed by atoms with E-state index in [2.05, 4.69) is 4.99 Å². The Balaban J connectivity index is 2.70. The number of hydrogen-bond donors (Lipinski definition) is 0. The Labute approximate surface area is 62.2 Å². The fourth-order valence-corrected chi connectivity index (χ4v) is 0.734. The average molecular weight is 168 g/mol. The van der Waals surface area contributed by atoms with E-state index in [1.165, 1.54) is 6.08 Å². The van der Waals surface area contributed by atoms with Gasteiger partial charge in [-0.05, 0) is 6.08 Å². The number of allylic oxidation sites excluding steroid dienone is 1. The van der Waals surface area contributed by atoms with Crippen molar-refractivity contribution >= 4 is 29.4 Å². The summed E-state index contributed by atoms with van der Waals surface area (Å²) in [6.45, 7) is 0. The first kappa shape index (κ1) is 7.03. The van der Waals surface area contributed by atoms with E-state index in [0.717, 1.165) is 6.21 Å². The lowest BCUT2D eigenvalue weighted by molar-refractivity contribution is 0.379. The van der Waals surface area contributed by atoms with Crippen molar-refractivity contribution in [3.63, 3.8) is 0 Å². The fraction of sp³-hybridized carbons (Fsp3) is 0.400. The largest absolute Gasteiger partial charge is 0.245 e. The van der Waals surface area contributed by atoms with Gasteiger partial charge in [0.1, 0.15) is 5.16 Å². The van der Waals surface area contributed by atoms with E-state index in [4.69, 9.17) is 23.2 Å². The van der Waals surface area contributed by atoms with Crippen molar-refractivity contribution in [3.05, 3.63) is 11.2 Å². The standard InChI is InChI=1S/C5H4Cl2FN/c6-4-1-2-5(7,8)3-9-4/h1,3H,2H2. The van der Waals surface area contributed by atoms with Gasteiger partial charge in [-0.2, -0.15) is 0 Å². The molecule has 9 heavy (non-hydrogen) atoms. The molecule has 0 saturated heterocycles. The normalized spacial score (nSPS) is 34.3. The molecule has 50 valence electrons. The van der Waals surface area contributed by atoms with Gasteiger partial charge in [0, 0.05) is 6.42 Å². The second-order valence-corrected chi connectivity index (χ2v) is 2.77. The Kier molecular flexibility index (Phi) is 1.78. The summed E-state index contributed by atoms with van der Waals surface area (Å²) < 4.78 is 12.6. The van der Waals surface area contributed by atoms with E-state index < -0.39 is 5.13 Å². The maximum atomic E-state index is 12.6. The maximum absolute atomic E-state index is 12.6. The molecule has 0 radical (unpaired) electrons. The summed E-state index contributed by atoms with van der Waals surface area (Å²) in [5.41, 5.74) is 0. The molecule has 0 aliphatic carbocycles. The Morgan fingerprint density at radius 3 is 2.78 bits per heavy atom. The van der Waals surface area contributed by atoms with Crippen LogP contribution < -0.4 is 0 Å². The zero-order chi connectivity index (χ0) is 6.91. The lowest BCUT2D eigenvalue weighted by Gasteiger charge is -2.12. The molecule has 0 aromatic heterocycles. The third-order valence-corrected chi connectivity index (χ3v) is 1.42. The molecule has 1 aliphatic rings. The number of rotatable bonds is 0. The molecule has 1 nitrogen and oxygen atoms in total. The summed E-state index contributed by atoms with van der Waals surface area (Å²) in [6.07, 6.45) is 2.53. The molecule has 0 saturated carbocycles. The molecule has 0 fully saturated rings. The zero-order valence-corrected chi connectivity index (χ0v) is 5.95. The third kappa shape index (κ3) is 1.95. The van der Waals surface area contributed by atoms with E-state index in [1.807, 2.05) is 0 Å². The molecule has 0 aromatic carbocycles. The molecule has 0 amide bonds. The zero-order valence-electron chi connectivity index (χ0n) is 4.44. The van der Waals surface area contributed by atoms with Crippen LogP contribution in [0.2, 0.25) is 0 Å². The van der Waals surface area contributed by atoms with Crippen LogP contribution in [0.25, 0.3) is 0 Å². The summed E-state index contributed by atoms with van der Waals surface area (Å²) in [5, 5.41) is -1.53. The molecule has 0 N–H and O–H groups in total. The molecule has 0 aromatic rings. The number of alkyl halides is 2. The highest BCUT2D eigenvalue weighted by Gasteiger charge is 2.24. The summed E-state index contributed by atoms with van der Waals surface area (Å²) in [4.78, 5) is 3.48. The van der Waals surface area contributed by atoms with Crippen LogP contribution in [0.15, 0.2) is 16.2 Å². The molecule has 0 spiro atoms. The number of aliphatic imine (C=N–C) groups is 1. The van der Waals surface area contributed by atoms with Gasteiger partial charge in [-0.3, -0.25) is 0 Å². The second-order valence-electron chi connectivity index (χ2n) is 1.75. The van der Waals surface area contributed by atoms with Gasteiger partial charge in [-0.25, -0.2) is 9.38 Å². The predicted octanol–water partition coefficient (Wildman–Crippen LogP) is 2.45. The van der Waals surface area contributed by atoms with Gasteiger partial charge < -0.3 is 0 Å². The van der Waals surface area contributed by atoms with Gasteiger partial charge in [-0.1, -0.05) is 23.2 Å². The molecule has 1 atom stereocenters. The first-order valence-corrected chi connectivity index (χ1v) is 3.14. The molecule has 1 aliphatic heterocycles. The van der Waals surface area contributed by atoms with Crippen LogP contribution in [0.3, 0.4) is 0 Å². The van der Waals surface area contributed by atoms with Crippen LogP contribution in [0.4, 0.5) is 4.39 Å². The molecular weight excluding hydrogens is 164 g/mol. The van der Waals surface area contributed by atoms with E-state index >= 15 is 0 Å². The van der Waals surface area contributed by atoms with Gasteiger partial charge in [-0.15, -0.1) is 0 Å². The SMILES string of the molecule is FC1(Cl)C=NC(Cl)=CC1. The van der Waals surface area contributed by atoms with Crippen LogP contribution in [-0.4, -0.2) is 11.3 Å². The fourth-order valence-electron chi connectivity index (χ4n) is 0.482. The lowest BCUT2D eigenvalue weighted by atomic mass is 10.2. The summed E-state index contributed by atoms with van der Waals surface area (Å²) >= 11 is 10.6. The van der Waals surface area contributed by atoms with E-state index in [0.29, 0.717) is 5.16 Å². The highest BCUT2D eigenvalue weighted by molar-refractivity contribution is 6.34.